The fourth-order valence-corrected chi connectivity index (χ4v) is 1.64. The summed E-state index contributed by atoms with van der Waals surface area (Å²) in [5.41, 5.74) is 1.30. The lowest BCUT2D eigenvalue weighted by Crippen LogP contribution is -2.04. The maximum Gasteiger partial charge on any atom is 0.376 e. The van der Waals surface area contributed by atoms with Crippen molar-refractivity contribution in [1.29, 1.82) is 0 Å². The predicted octanol–water partition coefficient (Wildman–Crippen LogP) is 3.86. The molecule has 0 bridgehead atoms. The molecule has 0 spiro atoms. The summed E-state index contributed by atoms with van der Waals surface area (Å²) in [5, 5.41) is 0. The Kier molecular flexibility index (Phi) is 6.46. The van der Waals surface area contributed by atoms with E-state index in [0.29, 0.717) is 18.2 Å². The minimum absolute atomic E-state index is 0.146. The molecule has 21 heavy (non-hydrogen) atoms. The molecule has 0 atom stereocenters. The Balaban J connectivity index is 0.00000106. The van der Waals surface area contributed by atoms with Crippen LogP contribution >= 0.6 is 0 Å². The third kappa shape index (κ3) is 4.08. The highest BCUT2D eigenvalue weighted by molar-refractivity contribution is 5.87. The van der Waals surface area contributed by atoms with E-state index in [1.165, 1.54) is 0 Å². The fraction of sp³-hybridized carbons (Fsp3) is 0.375. The molecular formula is C16H21NO4. The number of aromatic nitrogens is 1. The smallest absolute Gasteiger partial charge is 0.376 e. The lowest BCUT2D eigenvalue weighted by molar-refractivity contribution is 0.0490. The number of aryl methyl sites for hydroxylation is 1. The number of ether oxygens (including phenoxy) is 2. The fourth-order valence-electron chi connectivity index (χ4n) is 1.64. The van der Waals surface area contributed by atoms with Gasteiger partial charge in [-0.25, -0.2) is 9.78 Å². The first-order valence-corrected chi connectivity index (χ1v) is 6.94. The average Bonchev–Trinajstić information content (AvgIpc) is 2.92. The van der Waals surface area contributed by atoms with Gasteiger partial charge in [0.05, 0.1) is 19.4 Å². The zero-order chi connectivity index (χ0) is 15.8. The second-order valence-electron chi connectivity index (χ2n) is 3.88. The molecule has 0 saturated carbocycles. The molecule has 0 N–H and O–H groups in total. The zero-order valence-corrected chi connectivity index (χ0v) is 13.1. The molecule has 0 unspecified atom stereocenters. The van der Waals surface area contributed by atoms with Crippen LogP contribution in [0.1, 0.15) is 37.0 Å². The van der Waals surface area contributed by atoms with Crippen molar-refractivity contribution in [2.45, 2.75) is 27.7 Å². The first-order valence-electron chi connectivity index (χ1n) is 6.94. The van der Waals surface area contributed by atoms with Crippen LogP contribution in [0.5, 0.6) is 5.75 Å². The third-order valence-electron chi connectivity index (χ3n) is 2.59. The molecule has 114 valence electrons. The number of methoxy groups -OCH3 is 1. The summed E-state index contributed by atoms with van der Waals surface area (Å²) >= 11 is 0. The van der Waals surface area contributed by atoms with Gasteiger partial charge in [-0.2, -0.15) is 0 Å². The van der Waals surface area contributed by atoms with Crippen molar-refractivity contribution in [3.05, 3.63) is 35.7 Å². The zero-order valence-electron chi connectivity index (χ0n) is 13.1. The molecule has 0 amide bonds. The minimum Gasteiger partial charge on any atom is -0.497 e. The van der Waals surface area contributed by atoms with Crippen LogP contribution in [-0.4, -0.2) is 24.7 Å². The second-order valence-corrected chi connectivity index (χ2v) is 3.88. The van der Waals surface area contributed by atoms with Gasteiger partial charge in [-0.15, -0.1) is 0 Å². The minimum atomic E-state index is -0.493. The molecule has 5 nitrogen and oxygen atoms in total. The van der Waals surface area contributed by atoms with Gasteiger partial charge in [-0.1, -0.05) is 13.8 Å². The molecule has 0 aliphatic carbocycles. The largest absolute Gasteiger partial charge is 0.497 e. The molecule has 2 aromatic rings. The van der Waals surface area contributed by atoms with Gasteiger partial charge in [0.15, 0.2) is 0 Å². The van der Waals surface area contributed by atoms with Crippen molar-refractivity contribution in [1.82, 2.24) is 4.98 Å². The molecular weight excluding hydrogens is 270 g/mol. The third-order valence-corrected chi connectivity index (χ3v) is 2.59. The van der Waals surface area contributed by atoms with E-state index in [-0.39, 0.29) is 5.76 Å². The normalized spacial score (nSPS) is 9.57. The van der Waals surface area contributed by atoms with Crippen LogP contribution in [0.4, 0.5) is 0 Å². The molecule has 2 rings (SSSR count). The number of hydrogen-bond donors (Lipinski definition) is 0. The van der Waals surface area contributed by atoms with Crippen LogP contribution in [0.2, 0.25) is 0 Å². The Morgan fingerprint density at radius 3 is 2.38 bits per heavy atom. The molecule has 1 aromatic heterocycles. The predicted molar refractivity (Wildman–Crippen MR) is 80.5 cm³/mol. The van der Waals surface area contributed by atoms with Gasteiger partial charge in [0.1, 0.15) is 5.75 Å². The summed E-state index contributed by atoms with van der Waals surface area (Å²) in [7, 11) is 1.60. The van der Waals surface area contributed by atoms with Crippen LogP contribution in [0, 0.1) is 6.92 Å². The summed E-state index contributed by atoms with van der Waals surface area (Å²) in [4.78, 5) is 15.9. The van der Waals surface area contributed by atoms with Crippen molar-refractivity contribution in [3.8, 4) is 17.2 Å². The molecule has 1 heterocycles. The highest BCUT2D eigenvalue weighted by atomic mass is 16.5. The summed E-state index contributed by atoms with van der Waals surface area (Å²) in [6.07, 6.45) is 0. The molecule has 5 heteroatoms. The quantitative estimate of drug-likeness (QED) is 0.800. The second kappa shape index (κ2) is 8.09. The van der Waals surface area contributed by atoms with Gasteiger partial charge in [0.2, 0.25) is 11.7 Å². The monoisotopic (exact) mass is 291 g/mol. The van der Waals surface area contributed by atoms with E-state index < -0.39 is 5.97 Å². The van der Waals surface area contributed by atoms with E-state index >= 15 is 0 Å². The van der Waals surface area contributed by atoms with E-state index in [1.807, 2.05) is 26.0 Å². The Bertz CT molecular complexity index is 572. The Morgan fingerprint density at radius 1 is 1.24 bits per heavy atom. The van der Waals surface area contributed by atoms with Crippen molar-refractivity contribution >= 4 is 5.97 Å². The van der Waals surface area contributed by atoms with Crippen LogP contribution in [0.3, 0.4) is 0 Å². The topological polar surface area (TPSA) is 61.6 Å². The SMILES string of the molecule is CC.CCOC(=O)c1oc(-c2ccc(OC)cc2)nc1C. The summed E-state index contributed by atoms with van der Waals surface area (Å²) in [5.74, 6) is 0.792. The van der Waals surface area contributed by atoms with Crippen molar-refractivity contribution < 1.29 is 18.7 Å². The van der Waals surface area contributed by atoms with Crippen LogP contribution in [0.15, 0.2) is 28.7 Å². The van der Waals surface area contributed by atoms with Gasteiger partial charge < -0.3 is 13.9 Å². The first kappa shape index (κ1) is 16.8. The summed E-state index contributed by atoms with van der Waals surface area (Å²) in [6.45, 7) is 7.76. The van der Waals surface area contributed by atoms with Crippen LogP contribution in [0.25, 0.3) is 11.5 Å². The maximum atomic E-state index is 11.6. The molecule has 0 fully saturated rings. The number of benzene rings is 1. The average molecular weight is 291 g/mol. The molecule has 0 aliphatic rings. The van der Waals surface area contributed by atoms with Gasteiger partial charge in [-0.05, 0) is 38.1 Å². The van der Waals surface area contributed by atoms with Crippen LogP contribution in [-0.2, 0) is 4.74 Å². The Labute approximate surface area is 124 Å². The number of carbonyl (C=O) groups is 1. The molecule has 0 saturated heterocycles. The molecule has 0 radical (unpaired) electrons. The number of oxazole rings is 1. The van der Waals surface area contributed by atoms with Gasteiger partial charge in [0, 0.05) is 5.56 Å². The molecule has 1 aromatic carbocycles. The summed E-state index contributed by atoms with van der Waals surface area (Å²) < 4.78 is 15.4. The van der Waals surface area contributed by atoms with Crippen molar-refractivity contribution in [2.75, 3.05) is 13.7 Å². The van der Waals surface area contributed by atoms with E-state index in [1.54, 1.807) is 33.1 Å². The van der Waals surface area contributed by atoms with Gasteiger partial charge >= 0.3 is 5.97 Å². The number of carbonyl (C=O) groups excluding carboxylic acids is 1. The Hall–Kier alpha value is -2.30. The highest BCUT2D eigenvalue weighted by Crippen LogP contribution is 2.24. The summed E-state index contributed by atoms with van der Waals surface area (Å²) in [6, 6.07) is 7.25. The Morgan fingerprint density at radius 2 is 1.86 bits per heavy atom. The maximum absolute atomic E-state index is 11.6. The number of esters is 1. The molecule has 0 aliphatic heterocycles. The van der Waals surface area contributed by atoms with Crippen LogP contribution < -0.4 is 4.74 Å². The van der Waals surface area contributed by atoms with Crippen molar-refractivity contribution in [3.63, 3.8) is 0 Å². The highest BCUT2D eigenvalue weighted by Gasteiger charge is 2.19. The first-order chi connectivity index (χ1) is 10.2. The number of rotatable bonds is 4. The standard InChI is InChI=1S/C14H15NO4.C2H6/c1-4-18-14(16)12-9(2)15-13(19-12)10-5-7-11(17-3)8-6-10;1-2/h5-8H,4H2,1-3H3;1-2H3. The van der Waals surface area contributed by atoms with E-state index in [0.717, 1.165) is 11.3 Å². The lowest BCUT2D eigenvalue weighted by atomic mass is 10.2. The lowest BCUT2D eigenvalue weighted by Gasteiger charge is -2.00. The number of hydrogen-bond acceptors (Lipinski definition) is 5. The van der Waals surface area contributed by atoms with Gasteiger partial charge in [-0.3, -0.25) is 0 Å². The van der Waals surface area contributed by atoms with Crippen molar-refractivity contribution in [2.24, 2.45) is 0 Å². The number of nitrogens with zero attached hydrogens (tertiary/aromatic N) is 1. The van der Waals surface area contributed by atoms with E-state index in [2.05, 4.69) is 4.98 Å². The van der Waals surface area contributed by atoms with E-state index in [4.69, 9.17) is 13.9 Å². The van der Waals surface area contributed by atoms with Gasteiger partial charge in [0.25, 0.3) is 0 Å². The van der Waals surface area contributed by atoms with E-state index in [9.17, 15) is 4.79 Å².